The van der Waals surface area contributed by atoms with E-state index in [1.807, 2.05) is 0 Å². The minimum Gasteiger partial charge on any atom is -0.481 e. The second kappa shape index (κ2) is 4.09. The van der Waals surface area contributed by atoms with Crippen molar-refractivity contribution in [2.45, 2.75) is 0 Å². The van der Waals surface area contributed by atoms with E-state index in [1.165, 1.54) is 13.2 Å². The summed E-state index contributed by atoms with van der Waals surface area (Å²) in [6.07, 6.45) is 0. The van der Waals surface area contributed by atoms with Crippen LogP contribution in [0, 0.1) is 5.82 Å². The minimum atomic E-state index is -0.279. The Labute approximate surface area is 87.4 Å². The third kappa shape index (κ3) is 1.96. The lowest BCUT2D eigenvalue weighted by atomic mass is 10.1. The van der Waals surface area contributed by atoms with Crippen LogP contribution in [0.2, 0.25) is 0 Å². The molecule has 0 saturated heterocycles. The Morgan fingerprint density at radius 1 is 1.07 bits per heavy atom. The number of benzene rings is 1. The highest BCUT2D eigenvalue weighted by atomic mass is 19.1. The highest BCUT2D eigenvalue weighted by Gasteiger charge is 2.05. The summed E-state index contributed by atoms with van der Waals surface area (Å²) in [4.78, 5) is 4.16. The van der Waals surface area contributed by atoms with Gasteiger partial charge in [-0.25, -0.2) is 9.37 Å². The Hall–Kier alpha value is -1.90. The van der Waals surface area contributed by atoms with Gasteiger partial charge in [-0.3, -0.25) is 0 Å². The first-order valence-corrected chi connectivity index (χ1v) is 4.57. The highest BCUT2D eigenvalue weighted by molar-refractivity contribution is 5.60. The van der Waals surface area contributed by atoms with E-state index in [0.717, 1.165) is 0 Å². The van der Waals surface area contributed by atoms with Crippen molar-refractivity contribution in [3.63, 3.8) is 0 Å². The molecule has 1 heterocycles. The number of hydrogen-bond donors (Lipinski definition) is 0. The summed E-state index contributed by atoms with van der Waals surface area (Å²) in [5.41, 5.74) is 1.06. The number of methoxy groups -OCH3 is 1. The lowest BCUT2D eigenvalue weighted by molar-refractivity contribution is 0.398. The molecule has 0 amide bonds. The zero-order valence-electron chi connectivity index (χ0n) is 8.27. The number of nitrogens with zero attached hydrogens (tertiary/aromatic N) is 1. The Morgan fingerprint density at radius 3 is 2.60 bits per heavy atom. The van der Waals surface area contributed by atoms with Crippen molar-refractivity contribution in [3.05, 3.63) is 48.3 Å². The van der Waals surface area contributed by atoms with Crippen molar-refractivity contribution in [2.75, 3.05) is 7.11 Å². The lowest BCUT2D eigenvalue weighted by Crippen LogP contribution is -1.91. The molecule has 0 aliphatic heterocycles. The zero-order chi connectivity index (χ0) is 10.7. The van der Waals surface area contributed by atoms with Crippen LogP contribution in [0.1, 0.15) is 0 Å². The Bertz CT molecular complexity index is 471. The van der Waals surface area contributed by atoms with E-state index < -0.39 is 0 Å². The van der Waals surface area contributed by atoms with Gasteiger partial charge in [0.1, 0.15) is 5.82 Å². The molecule has 2 nitrogen and oxygen atoms in total. The van der Waals surface area contributed by atoms with E-state index in [9.17, 15) is 4.39 Å². The van der Waals surface area contributed by atoms with Gasteiger partial charge in [0, 0.05) is 11.6 Å². The van der Waals surface area contributed by atoms with Crippen LogP contribution < -0.4 is 4.74 Å². The summed E-state index contributed by atoms with van der Waals surface area (Å²) in [5.74, 6) is 0.203. The van der Waals surface area contributed by atoms with Crippen LogP contribution >= 0.6 is 0 Å². The molecule has 1 aromatic carbocycles. The number of hydrogen-bond acceptors (Lipinski definition) is 2. The fraction of sp³-hybridized carbons (Fsp3) is 0.0833. The highest BCUT2D eigenvalue weighted by Crippen LogP contribution is 2.22. The first-order chi connectivity index (χ1) is 7.31. The molecular weight excluding hydrogens is 193 g/mol. The van der Waals surface area contributed by atoms with Crippen LogP contribution in [0.15, 0.2) is 42.5 Å². The Balaban J connectivity index is 2.49. The molecule has 0 aliphatic carbocycles. The van der Waals surface area contributed by atoms with E-state index in [4.69, 9.17) is 4.74 Å². The standard InChI is InChI=1S/C12H10FNO/c1-15-12-8-4-7-11(14-12)9-5-2-3-6-10(9)13/h2-8H,1H3. The van der Waals surface area contributed by atoms with Gasteiger partial charge in [0.25, 0.3) is 0 Å². The number of ether oxygens (including phenoxy) is 1. The van der Waals surface area contributed by atoms with Crippen molar-refractivity contribution in [1.29, 1.82) is 0 Å². The molecule has 2 aromatic rings. The Kier molecular flexibility index (Phi) is 2.63. The van der Waals surface area contributed by atoms with Crippen molar-refractivity contribution >= 4 is 0 Å². The lowest BCUT2D eigenvalue weighted by Gasteiger charge is -2.04. The van der Waals surface area contributed by atoms with Gasteiger partial charge in [-0.05, 0) is 18.2 Å². The molecule has 0 radical (unpaired) electrons. The maximum absolute atomic E-state index is 13.4. The SMILES string of the molecule is COc1cccc(-c2ccccc2F)n1. The molecule has 3 heteroatoms. The fourth-order valence-electron chi connectivity index (χ4n) is 1.35. The number of aromatic nitrogens is 1. The monoisotopic (exact) mass is 203 g/mol. The third-order valence-electron chi connectivity index (χ3n) is 2.08. The summed E-state index contributed by atoms with van der Waals surface area (Å²) in [5, 5.41) is 0. The molecule has 0 spiro atoms. The molecule has 0 aliphatic rings. The van der Waals surface area contributed by atoms with Crippen molar-refractivity contribution < 1.29 is 9.13 Å². The van der Waals surface area contributed by atoms with Gasteiger partial charge in [-0.2, -0.15) is 0 Å². The first kappa shape index (κ1) is 9.65. The van der Waals surface area contributed by atoms with Crippen LogP contribution in [-0.4, -0.2) is 12.1 Å². The normalized spacial score (nSPS) is 10.0. The van der Waals surface area contributed by atoms with E-state index in [-0.39, 0.29) is 5.82 Å². The summed E-state index contributed by atoms with van der Waals surface area (Å²) >= 11 is 0. The van der Waals surface area contributed by atoms with E-state index >= 15 is 0 Å². The number of halogens is 1. The van der Waals surface area contributed by atoms with Crippen molar-refractivity contribution in [2.24, 2.45) is 0 Å². The molecule has 0 unspecified atom stereocenters. The van der Waals surface area contributed by atoms with Crippen LogP contribution in [0.5, 0.6) is 5.88 Å². The molecule has 0 fully saturated rings. The van der Waals surface area contributed by atoms with Crippen molar-refractivity contribution in [3.8, 4) is 17.1 Å². The van der Waals surface area contributed by atoms with Gasteiger partial charge in [0.2, 0.25) is 5.88 Å². The number of pyridine rings is 1. The Morgan fingerprint density at radius 2 is 1.87 bits per heavy atom. The molecule has 15 heavy (non-hydrogen) atoms. The molecule has 0 atom stereocenters. The average Bonchev–Trinajstić information content (AvgIpc) is 2.30. The van der Waals surface area contributed by atoms with Crippen LogP contribution in [0.3, 0.4) is 0 Å². The van der Waals surface area contributed by atoms with Gasteiger partial charge >= 0.3 is 0 Å². The molecular formula is C12H10FNO. The minimum absolute atomic E-state index is 0.279. The zero-order valence-corrected chi connectivity index (χ0v) is 8.27. The molecule has 0 saturated carbocycles. The fourth-order valence-corrected chi connectivity index (χ4v) is 1.35. The van der Waals surface area contributed by atoms with Crippen LogP contribution in [0.25, 0.3) is 11.3 Å². The summed E-state index contributed by atoms with van der Waals surface area (Å²) < 4.78 is 18.4. The quantitative estimate of drug-likeness (QED) is 0.748. The number of rotatable bonds is 2. The summed E-state index contributed by atoms with van der Waals surface area (Å²) in [6.45, 7) is 0. The second-order valence-electron chi connectivity index (χ2n) is 3.05. The maximum Gasteiger partial charge on any atom is 0.213 e. The molecule has 0 N–H and O–H groups in total. The summed E-state index contributed by atoms with van der Waals surface area (Å²) in [6, 6.07) is 11.8. The third-order valence-corrected chi connectivity index (χ3v) is 2.08. The smallest absolute Gasteiger partial charge is 0.213 e. The van der Waals surface area contributed by atoms with Crippen LogP contribution in [0.4, 0.5) is 4.39 Å². The molecule has 0 bridgehead atoms. The van der Waals surface area contributed by atoms with E-state index in [1.54, 1.807) is 36.4 Å². The van der Waals surface area contributed by atoms with Crippen LogP contribution in [-0.2, 0) is 0 Å². The van der Waals surface area contributed by atoms with Gasteiger partial charge in [-0.15, -0.1) is 0 Å². The first-order valence-electron chi connectivity index (χ1n) is 4.57. The van der Waals surface area contributed by atoms with Gasteiger partial charge in [0.15, 0.2) is 0 Å². The summed E-state index contributed by atoms with van der Waals surface area (Å²) in [7, 11) is 1.54. The van der Waals surface area contributed by atoms with Crippen molar-refractivity contribution in [1.82, 2.24) is 4.98 Å². The maximum atomic E-state index is 13.4. The van der Waals surface area contributed by atoms with E-state index in [2.05, 4.69) is 4.98 Å². The average molecular weight is 203 g/mol. The van der Waals surface area contributed by atoms with Gasteiger partial charge < -0.3 is 4.74 Å². The topological polar surface area (TPSA) is 22.1 Å². The van der Waals surface area contributed by atoms with Gasteiger partial charge in [-0.1, -0.05) is 18.2 Å². The van der Waals surface area contributed by atoms with E-state index in [0.29, 0.717) is 17.1 Å². The molecule has 2 rings (SSSR count). The molecule has 1 aromatic heterocycles. The van der Waals surface area contributed by atoms with Gasteiger partial charge in [0.05, 0.1) is 12.8 Å². The molecule has 76 valence electrons. The largest absolute Gasteiger partial charge is 0.481 e. The predicted octanol–water partition coefficient (Wildman–Crippen LogP) is 2.90. The second-order valence-corrected chi connectivity index (χ2v) is 3.05. The predicted molar refractivity (Wildman–Crippen MR) is 56.2 cm³/mol.